The highest BCUT2D eigenvalue weighted by Crippen LogP contribution is 2.32. The van der Waals surface area contributed by atoms with E-state index in [1.807, 2.05) is 18.2 Å². The van der Waals surface area contributed by atoms with Gasteiger partial charge in [-0.2, -0.15) is 0 Å². The lowest BCUT2D eigenvalue weighted by Gasteiger charge is -2.33. The van der Waals surface area contributed by atoms with Crippen molar-refractivity contribution in [2.75, 3.05) is 53.0 Å². The predicted molar refractivity (Wildman–Crippen MR) is 79.5 cm³/mol. The van der Waals surface area contributed by atoms with Gasteiger partial charge in [-0.15, -0.1) is 0 Å². The summed E-state index contributed by atoms with van der Waals surface area (Å²) in [5, 5.41) is 12.5. The maximum atomic E-state index is 10.3. The first-order valence-electron chi connectivity index (χ1n) is 7.47. The number of likely N-dealkylation sites (N-methyl/N-ethyl adjacent to an activating group) is 1. The Balaban J connectivity index is 1.54. The van der Waals surface area contributed by atoms with Gasteiger partial charge in [-0.25, -0.2) is 5.01 Å². The summed E-state index contributed by atoms with van der Waals surface area (Å²) in [6.45, 7) is 5.70. The van der Waals surface area contributed by atoms with Crippen LogP contribution in [-0.4, -0.2) is 68.0 Å². The lowest BCUT2D eigenvalue weighted by molar-refractivity contribution is 0.0741. The van der Waals surface area contributed by atoms with Crippen LogP contribution in [0.3, 0.4) is 0 Å². The number of ether oxygens (including phenoxy) is 2. The van der Waals surface area contributed by atoms with E-state index in [1.54, 1.807) is 0 Å². The highest BCUT2D eigenvalue weighted by Gasteiger charge is 2.17. The normalized spacial score (nSPS) is 21.2. The zero-order valence-electron chi connectivity index (χ0n) is 12.4. The van der Waals surface area contributed by atoms with Gasteiger partial charge in [-0.3, -0.25) is 5.43 Å². The molecule has 2 aliphatic rings. The van der Waals surface area contributed by atoms with E-state index in [-0.39, 0.29) is 0 Å². The minimum atomic E-state index is -0.555. The van der Waals surface area contributed by atoms with Gasteiger partial charge in [-0.1, -0.05) is 6.07 Å². The maximum Gasteiger partial charge on any atom is 0.161 e. The highest BCUT2D eigenvalue weighted by atomic mass is 16.6. The lowest BCUT2D eigenvalue weighted by Crippen LogP contribution is -2.51. The molecule has 0 radical (unpaired) electrons. The average molecular weight is 293 g/mol. The van der Waals surface area contributed by atoms with Crippen molar-refractivity contribution >= 4 is 0 Å². The Kier molecular flexibility index (Phi) is 4.60. The molecule has 2 heterocycles. The smallest absolute Gasteiger partial charge is 0.161 e. The molecule has 0 aliphatic carbocycles. The molecule has 6 heteroatoms. The van der Waals surface area contributed by atoms with Crippen LogP contribution in [0.25, 0.3) is 0 Å². The summed E-state index contributed by atoms with van der Waals surface area (Å²) >= 11 is 0. The first-order valence-corrected chi connectivity index (χ1v) is 7.47. The minimum absolute atomic E-state index is 0.503. The van der Waals surface area contributed by atoms with Crippen LogP contribution in [0.4, 0.5) is 0 Å². The molecule has 2 N–H and O–H groups in total. The Labute approximate surface area is 125 Å². The molecule has 116 valence electrons. The predicted octanol–water partition coefficient (Wildman–Crippen LogP) is 0.243. The Morgan fingerprint density at radius 3 is 2.62 bits per heavy atom. The second-order valence-corrected chi connectivity index (χ2v) is 5.57. The topological polar surface area (TPSA) is 57.2 Å². The zero-order valence-corrected chi connectivity index (χ0v) is 12.4. The molecule has 1 fully saturated rings. The summed E-state index contributed by atoms with van der Waals surface area (Å²) in [5.41, 5.74) is 4.15. The van der Waals surface area contributed by atoms with Gasteiger partial charge in [0.2, 0.25) is 0 Å². The average Bonchev–Trinajstić information content (AvgIpc) is 2.53. The molecule has 1 aromatic rings. The maximum absolute atomic E-state index is 10.3. The van der Waals surface area contributed by atoms with Crippen LogP contribution in [0.1, 0.15) is 11.7 Å². The van der Waals surface area contributed by atoms with Crippen molar-refractivity contribution in [3.63, 3.8) is 0 Å². The van der Waals surface area contributed by atoms with Crippen LogP contribution in [-0.2, 0) is 0 Å². The van der Waals surface area contributed by atoms with Crippen molar-refractivity contribution in [3.05, 3.63) is 23.8 Å². The first kappa shape index (κ1) is 14.6. The number of aliphatic hydroxyl groups is 1. The second-order valence-electron chi connectivity index (χ2n) is 5.57. The number of benzene rings is 1. The monoisotopic (exact) mass is 293 g/mol. The van der Waals surface area contributed by atoms with E-state index in [0.717, 1.165) is 43.2 Å². The fourth-order valence-corrected chi connectivity index (χ4v) is 2.57. The fraction of sp³-hybridized carbons (Fsp3) is 0.600. The van der Waals surface area contributed by atoms with Gasteiger partial charge in [0.05, 0.1) is 6.10 Å². The second kappa shape index (κ2) is 6.62. The number of piperazine rings is 1. The third-order valence-electron chi connectivity index (χ3n) is 3.96. The molecule has 1 aromatic carbocycles. The van der Waals surface area contributed by atoms with Gasteiger partial charge in [0, 0.05) is 32.7 Å². The summed E-state index contributed by atoms with van der Waals surface area (Å²) in [7, 11) is 2.13. The number of hydrazine groups is 1. The van der Waals surface area contributed by atoms with E-state index in [0.29, 0.717) is 19.8 Å². The van der Waals surface area contributed by atoms with E-state index < -0.39 is 6.10 Å². The molecule has 0 spiro atoms. The number of aliphatic hydroxyl groups excluding tert-OH is 1. The van der Waals surface area contributed by atoms with Crippen molar-refractivity contribution in [2.24, 2.45) is 0 Å². The van der Waals surface area contributed by atoms with Gasteiger partial charge in [0.25, 0.3) is 0 Å². The number of fused-ring (bicyclic) bond motifs is 1. The molecule has 1 saturated heterocycles. The summed E-state index contributed by atoms with van der Waals surface area (Å²) in [6.07, 6.45) is -0.555. The van der Waals surface area contributed by atoms with Crippen LogP contribution in [0.2, 0.25) is 0 Å². The standard InChI is InChI=1S/C15H23N3O3/c1-17-4-6-18(7-5-17)16-11-13(19)12-2-3-14-15(10-12)21-9-8-20-14/h2-3,10,13,16,19H,4-9,11H2,1H3. The molecular formula is C15H23N3O3. The zero-order chi connectivity index (χ0) is 14.7. The number of rotatable bonds is 4. The van der Waals surface area contributed by atoms with E-state index in [4.69, 9.17) is 9.47 Å². The van der Waals surface area contributed by atoms with Crippen molar-refractivity contribution < 1.29 is 14.6 Å². The third-order valence-corrected chi connectivity index (χ3v) is 3.96. The third kappa shape index (κ3) is 3.65. The molecule has 1 atom stereocenters. The summed E-state index contributed by atoms with van der Waals surface area (Å²) in [5.74, 6) is 1.47. The van der Waals surface area contributed by atoms with E-state index in [9.17, 15) is 5.11 Å². The molecular weight excluding hydrogens is 270 g/mol. The van der Waals surface area contributed by atoms with Crippen molar-refractivity contribution in [1.29, 1.82) is 0 Å². The largest absolute Gasteiger partial charge is 0.486 e. The fourth-order valence-electron chi connectivity index (χ4n) is 2.57. The van der Waals surface area contributed by atoms with Gasteiger partial charge in [-0.05, 0) is 24.7 Å². The van der Waals surface area contributed by atoms with Crippen LogP contribution >= 0.6 is 0 Å². The number of nitrogens with one attached hydrogen (secondary N) is 1. The molecule has 21 heavy (non-hydrogen) atoms. The van der Waals surface area contributed by atoms with E-state index in [1.165, 1.54) is 0 Å². The van der Waals surface area contributed by atoms with Crippen LogP contribution in [0, 0.1) is 0 Å². The Morgan fingerprint density at radius 2 is 1.86 bits per heavy atom. The van der Waals surface area contributed by atoms with Gasteiger partial charge in [0.1, 0.15) is 13.2 Å². The van der Waals surface area contributed by atoms with Gasteiger partial charge >= 0.3 is 0 Å². The molecule has 0 bridgehead atoms. The van der Waals surface area contributed by atoms with Crippen molar-refractivity contribution in [2.45, 2.75) is 6.10 Å². The quantitative estimate of drug-likeness (QED) is 0.829. The van der Waals surface area contributed by atoms with Crippen LogP contribution in [0.5, 0.6) is 11.5 Å². The summed E-state index contributed by atoms with van der Waals surface area (Å²) < 4.78 is 11.0. The summed E-state index contributed by atoms with van der Waals surface area (Å²) in [4.78, 5) is 2.30. The van der Waals surface area contributed by atoms with Gasteiger partial charge < -0.3 is 19.5 Å². The van der Waals surface area contributed by atoms with Crippen LogP contribution < -0.4 is 14.9 Å². The Morgan fingerprint density at radius 1 is 1.14 bits per heavy atom. The molecule has 3 rings (SSSR count). The number of nitrogens with zero attached hydrogens (tertiary/aromatic N) is 2. The molecule has 0 aromatic heterocycles. The molecule has 0 saturated carbocycles. The van der Waals surface area contributed by atoms with Crippen LogP contribution in [0.15, 0.2) is 18.2 Å². The number of hydrogen-bond donors (Lipinski definition) is 2. The van der Waals surface area contributed by atoms with E-state index >= 15 is 0 Å². The molecule has 0 amide bonds. The highest BCUT2D eigenvalue weighted by molar-refractivity contribution is 5.44. The summed E-state index contributed by atoms with van der Waals surface area (Å²) in [6, 6.07) is 5.62. The lowest BCUT2D eigenvalue weighted by atomic mass is 10.1. The molecule has 1 unspecified atom stereocenters. The first-order chi connectivity index (χ1) is 10.2. The molecule has 2 aliphatic heterocycles. The van der Waals surface area contributed by atoms with Crippen molar-refractivity contribution in [3.8, 4) is 11.5 Å². The van der Waals surface area contributed by atoms with Gasteiger partial charge in [0.15, 0.2) is 11.5 Å². The Hall–Kier alpha value is -1.34. The van der Waals surface area contributed by atoms with E-state index in [2.05, 4.69) is 22.4 Å². The van der Waals surface area contributed by atoms with Crippen molar-refractivity contribution in [1.82, 2.24) is 15.3 Å². The SMILES string of the molecule is CN1CCN(NCC(O)c2ccc3c(c2)OCCO3)CC1. The molecule has 6 nitrogen and oxygen atoms in total. The number of hydrogen-bond acceptors (Lipinski definition) is 6. The minimum Gasteiger partial charge on any atom is -0.486 e. The Bertz CT molecular complexity index is 475.